The average molecular weight is 313 g/mol. The lowest BCUT2D eigenvalue weighted by atomic mass is 9.55. The van der Waals surface area contributed by atoms with Gasteiger partial charge in [0.15, 0.2) is 0 Å². The summed E-state index contributed by atoms with van der Waals surface area (Å²) in [4.78, 5) is 0.865. The molecule has 2 bridgehead atoms. The standard InChI is InChI=1S/C18H19NO2S/c1-21-16-9-7-15(8-10-16)19-22(20,17-5-3-2-4-6-17)18-11-14(12-18)13-18/h2-10,14H,11-13H2,1H3. The van der Waals surface area contributed by atoms with Crippen LogP contribution in [0.1, 0.15) is 19.3 Å². The number of nitrogens with zero attached hydrogens (tertiary/aromatic N) is 1. The van der Waals surface area contributed by atoms with Crippen molar-refractivity contribution in [3.8, 4) is 5.75 Å². The van der Waals surface area contributed by atoms with Gasteiger partial charge in [-0.15, -0.1) is 0 Å². The van der Waals surface area contributed by atoms with Crippen LogP contribution in [0.15, 0.2) is 63.9 Å². The summed E-state index contributed by atoms with van der Waals surface area (Å²) >= 11 is 0. The first-order valence-electron chi connectivity index (χ1n) is 7.61. The van der Waals surface area contributed by atoms with Gasteiger partial charge in [0.2, 0.25) is 0 Å². The zero-order valence-electron chi connectivity index (χ0n) is 12.6. The van der Waals surface area contributed by atoms with Crippen LogP contribution in [-0.4, -0.2) is 16.1 Å². The van der Waals surface area contributed by atoms with Crippen molar-refractivity contribution in [3.05, 3.63) is 54.6 Å². The largest absolute Gasteiger partial charge is 0.497 e. The lowest BCUT2D eigenvalue weighted by molar-refractivity contribution is 0.0516. The van der Waals surface area contributed by atoms with Crippen LogP contribution in [0.2, 0.25) is 0 Å². The third-order valence-electron chi connectivity index (χ3n) is 4.94. The van der Waals surface area contributed by atoms with E-state index in [-0.39, 0.29) is 4.75 Å². The van der Waals surface area contributed by atoms with E-state index in [0.29, 0.717) is 0 Å². The smallest absolute Gasteiger partial charge is 0.119 e. The summed E-state index contributed by atoms with van der Waals surface area (Å²) in [6, 6.07) is 17.3. The van der Waals surface area contributed by atoms with E-state index in [4.69, 9.17) is 9.10 Å². The van der Waals surface area contributed by atoms with Crippen LogP contribution in [-0.2, 0) is 9.73 Å². The molecule has 0 radical (unpaired) electrons. The molecule has 1 unspecified atom stereocenters. The Labute approximate surface area is 131 Å². The highest BCUT2D eigenvalue weighted by Crippen LogP contribution is 2.64. The van der Waals surface area contributed by atoms with Gasteiger partial charge >= 0.3 is 0 Å². The Kier molecular flexibility index (Phi) is 3.05. The summed E-state index contributed by atoms with van der Waals surface area (Å²) < 4.78 is 23.7. The van der Waals surface area contributed by atoms with Crippen LogP contribution >= 0.6 is 0 Å². The van der Waals surface area contributed by atoms with Gasteiger partial charge < -0.3 is 4.74 Å². The molecule has 1 atom stereocenters. The first-order chi connectivity index (χ1) is 10.7. The molecule has 0 amide bonds. The third-order valence-corrected chi connectivity index (χ3v) is 7.99. The van der Waals surface area contributed by atoms with Crippen LogP contribution in [0.25, 0.3) is 0 Å². The number of methoxy groups -OCH3 is 1. The molecule has 2 aromatic rings. The van der Waals surface area contributed by atoms with Crippen molar-refractivity contribution in [2.45, 2.75) is 28.9 Å². The first kappa shape index (κ1) is 13.8. The minimum atomic E-state index is -2.43. The van der Waals surface area contributed by atoms with E-state index >= 15 is 0 Å². The molecule has 0 saturated heterocycles. The molecule has 4 heteroatoms. The lowest BCUT2D eigenvalue weighted by Crippen LogP contribution is -2.62. The highest BCUT2D eigenvalue weighted by atomic mass is 32.2. The molecule has 3 nitrogen and oxygen atoms in total. The number of rotatable bonds is 4. The van der Waals surface area contributed by atoms with Crippen molar-refractivity contribution < 1.29 is 8.95 Å². The van der Waals surface area contributed by atoms with Gasteiger partial charge in [-0.2, -0.15) is 4.36 Å². The van der Waals surface area contributed by atoms with Gasteiger partial charge in [0.25, 0.3) is 0 Å². The van der Waals surface area contributed by atoms with Crippen molar-refractivity contribution in [2.24, 2.45) is 10.3 Å². The van der Waals surface area contributed by atoms with Crippen LogP contribution < -0.4 is 4.74 Å². The van der Waals surface area contributed by atoms with E-state index in [1.54, 1.807) is 7.11 Å². The maximum absolute atomic E-state index is 13.9. The molecule has 3 fully saturated rings. The highest BCUT2D eigenvalue weighted by Gasteiger charge is 2.63. The summed E-state index contributed by atoms with van der Waals surface area (Å²) in [7, 11) is -0.792. The third kappa shape index (κ3) is 1.90. The minimum Gasteiger partial charge on any atom is -0.497 e. The van der Waals surface area contributed by atoms with Crippen LogP contribution in [0, 0.1) is 5.92 Å². The Hall–Kier alpha value is -1.81. The highest BCUT2D eigenvalue weighted by molar-refractivity contribution is 7.95. The van der Waals surface area contributed by atoms with E-state index in [2.05, 4.69) is 0 Å². The van der Waals surface area contributed by atoms with E-state index in [9.17, 15) is 4.21 Å². The van der Waals surface area contributed by atoms with Gasteiger partial charge in [-0.3, -0.25) is 0 Å². The van der Waals surface area contributed by atoms with E-state index in [0.717, 1.165) is 41.5 Å². The predicted molar refractivity (Wildman–Crippen MR) is 88.0 cm³/mol. The molecule has 0 heterocycles. The summed E-state index contributed by atoms with van der Waals surface area (Å²) in [6.07, 6.45) is 3.17. The number of benzene rings is 2. The van der Waals surface area contributed by atoms with Crippen LogP contribution in [0.3, 0.4) is 0 Å². The molecule has 0 spiro atoms. The van der Waals surface area contributed by atoms with Crippen molar-refractivity contribution in [2.75, 3.05) is 7.11 Å². The fraction of sp³-hybridized carbons (Fsp3) is 0.333. The van der Waals surface area contributed by atoms with E-state index in [1.807, 2.05) is 54.6 Å². The Balaban J connectivity index is 1.84. The maximum atomic E-state index is 13.9. The first-order valence-corrected chi connectivity index (χ1v) is 9.13. The van der Waals surface area contributed by atoms with Crippen molar-refractivity contribution in [1.29, 1.82) is 0 Å². The number of hydrogen-bond acceptors (Lipinski definition) is 3. The Morgan fingerprint density at radius 1 is 1.05 bits per heavy atom. The molecular weight excluding hydrogens is 294 g/mol. The number of hydrogen-bond donors (Lipinski definition) is 0. The monoisotopic (exact) mass is 313 g/mol. The molecule has 3 aliphatic rings. The van der Waals surface area contributed by atoms with Crippen LogP contribution in [0.5, 0.6) is 5.75 Å². The molecule has 5 rings (SSSR count). The summed E-state index contributed by atoms with van der Waals surface area (Å²) in [5, 5.41) is 0. The summed E-state index contributed by atoms with van der Waals surface area (Å²) in [5.41, 5.74) is 0.763. The topological polar surface area (TPSA) is 38.7 Å². The van der Waals surface area contributed by atoms with Gasteiger partial charge in [-0.1, -0.05) is 18.2 Å². The molecule has 114 valence electrons. The van der Waals surface area contributed by atoms with Crippen molar-refractivity contribution >= 4 is 15.4 Å². The molecule has 2 aromatic carbocycles. The lowest BCUT2D eigenvalue weighted by Gasteiger charge is -2.62. The summed E-state index contributed by atoms with van der Waals surface area (Å²) in [5.74, 6) is 1.56. The second kappa shape index (κ2) is 4.85. The zero-order valence-corrected chi connectivity index (χ0v) is 13.4. The van der Waals surface area contributed by atoms with Gasteiger partial charge in [0.05, 0.1) is 27.3 Å². The fourth-order valence-corrected chi connectivity index (χ4v) is 6.66. The van der Waals surface area contributed by atoms with Gasteiger partial charge in [-0.05, 0) is 61.6 Å². The second-order valence-electron chi connectivity index (χ2n) is 6.29. The average Bonchev–Trinajstić information content (AvgIpc) is 2.45. The molecular formula is C18H19NO2S. The Morgan fingerprint density at radius 3 is 2.18 bits per heavy atom. The van der Waals surface area contributed by atoms with Crippen molar-refractivity contribution in [3.63, 3.8) is 0 Å². The Bertz CT molecular complexity index is 788. The van der Waals surface area contributed by atoms with E-state index in [1.165, 1.54) is 0 Å². The molecule has 22 heavy (non-hydrogen) atoms. The molecule has 0 aromatic heterocycles. The molecule has 3 aliphatic carbocycles. The quantitative estimate of drug-likeness (QED) is 0.839. The fourth-order valence-electron chi connectivity index (χ4n) is 3.53. The molecule has 0 N–H and O–H groups in total. The maximum Gasteiger partial charge on any atom is 0.119 e. The van der Waals surface area contributed by atoms with Gasteiger partial charge in [-0.25, -0.2) is 4.21 Å². The second-order valence-corrected chi connectivity index (χ2v) is 8.86. The van der Waals surface area contributed by atoms with Crippen molar-refractivity contribution in [1.82, 2.24) is 0 Å². The number of ether oxygens (including phenoxy) is 1. The normalized spacial score (nSPS) is 28.0. The van der Waals surface area contributed by atoms with Gasteiger partial charge in [0, 0.05) is 4.90 Å². The SMILES string of the molecule is COc1ccc(N=S(=O)(c2ccccc2)C23CC(C2)C3)cc1. The summed E-state index contributed by atoms with van der Waals surface area (Å²) in [6.45, 7) is 0. The minimum absolute atomic E-state index is 0.0983. The van der Waals surface area contributed by atoms with Crippen LogP contribution in [0.4, 0.5) is 5.69 Å². The predicted octanol–water partition coefficient (Wildman–Crippen LogP) is 4.41. The van der Waals surface area contributed by atoms with E-state index < -0.39 is 9.73 Å². The zero-order chi connectivity index (χ0) is 15.2. The Morgan fingerprint density at radius 2 is 1.68 bits per heavy atom. The molecule has 0 aliphatic heterocycles. The van der Waals surface area contributed by atoms with Gasteiger partial charge in [0.1, 0.15) is 5.75 Å². The molecule has 3 saturated carbocycles.